The van der Waals surface area contributed by atoms with E-state index in [9.17, 15) is 4.79 Å². The first kappa shape index (κ1) is 10.6. The van der Waals surface area contributed by atoms with Gasteiger partial charge < -0.3 is 9.52 Å². The Morgan fingerprint density at radius 1 is 1.39 bits per heavy atom. The summed E-state index contributed by atoms with van der Waals surface area (Å²) in [7, 11) is 0. The zero-order valence-corrected chi connectivity index (χ0v) is 9.60. The number of hydrogen-bond donors (Lipinski definition) is 2. The molecule has 3 aromatic rings. The van der Waals surface area contributed by atoms with Crippen LogP contribution in [-0.2, 0) is 0 Å². The lowest BCUT2D eigenvalue weighted by molar-refractivity contribution is 0.0664. The van der Waals surface area contributed by atoms with Gasteiger partial charge in [0.25, 0.3) is 0 Å². The number of rotatable bonds is 2. The van der Waals surface area contributed by atoms with Crippen molar-refractivity contribution in [1.82, 2.24) is 10.2 Å². The van der Waals surface area contributed by atoms with Gasteiger partial charge in [-0.2, -0.15) is 5.10 Å². The van der Waals surface area contributed by atoms with E-state index in [1.165, 1.54) is 0 Å². The molecular weight excluding hydrogens is 232 g/mol. The van der Waals surface area contributed by atoms with Gasteiger partial charge in [0.05, 0.1) is 6.20 Å². The summed E-state index contributed by atoms with van der Waals surface area (Å²) in [6.45, 7) is 1.74. The van der Waals surface area contributed by atoms with Crippen molar-refractivity contribution >= 4 is 16.9 Å². The van der Waals surface area contributed by atoms with Crippen LogP contribution >= 0.6 is 0 Å². The molecule has 1 aromatic carbocycles. The number of aromatic nitrogens is 2. The third kappa shape index (κ3) is 1.48. The summed E-state index contributed by atoms with van der Waals surface area (Å²) in [5.41, 5.74) is 3.14. The maximum absolute atomic E-state index is 11.0. The van der Waals surface area contributed by atoms with E-state index in [4.69, 9.17) is 9.52 Å². The second-order valence-electron chi connectivity index (χ2n) is 4.06. The number of benzene rings is 1. The van der Waals surface area contributed by atoms with Crippen molar-refractivity contribution in [3.63, 3.8) is 0 Å². The molecule has 5 nitrogen and oxygen atoms in total. The Morgan fingerprint density at radius 3 is 2.89 bits per heavy atom. The van der Waals surface area contributed by atoms with E-state index in [-0.39, 0.29) is 5.76 Å². The monoisotopic (exact) mass is 242 g/mol. The van der Waals surface area contributed by atoms with Crippen LogP contribution in [0.15, 0.2) is 35.0 Å². The summed E-state index contributed by atoms with van der Waals surface area (Å²) in [5, 5.41) is 16.5. The van der Waals surface area contributed by atoms with Gasteiger partial charge in [-0.1, -0.05) is 6.07 Å². The first-order valence-corrected chi connectivity index (χ1v) is 5.42. The van der Waals surface area contributed by atoms with Gasteiger partial charge in [-0.25, -0.2) is 4.79 Å². The zero-order valence-electron chi connectivity index (χ0n) is 9.60. The number of carboxylic acids is 1. The Morgan fingerprint density at radius 2 is 2.22 bits per heavy atom. The van der Waals surface area contributed by atoms with Gasteiger partial charge in [0.1, 0.15) is 5.58 Å². The lowest BCUT2D eigenvalue weighted by atomic mass is 10.1. The molecule has 0 radical (unpaired) electrons. The van der Waals surface area contributed by atoms with E-state index in [1.54, 1.807) is 25.4 Å². The quantitative estimate of drug-likeness (QED) is 0.724. The van der Waals surface area contributed by atoms with Crippen LogP contribution in [0.2, 0.25) is 0 Å². The SMILES string of the molecule is Cc1c(C(=O)O)oc2ccc(-c3cn[nH]c3)cc12. The van der Waals surface area contributed by atoms with Gasteiger partial charge in [-0.15, -0.1) is 0 Å². The Bertz CT molecular complexity index is 726. The first-order chi connectivity index (χ1) is 8.66. The maximum Gasteiger partial charge on any atom is 0.372 e. The highest BCUT2D eigenvalue weighted by Gasteiger charge is 2.16. The number of furan rings is 1. The van der Waals surface area contributed by atoms with E-state index >= 15 is 0 Å². The molecule has 2 heterocycles. The van der Waals surface area contributed by atoms with Crippen LogP contribution in [0.25, 0.3) is 22.1 Å². The van der Waals surface area contributed by atoms with Crippen molar-refractivity contribution in [3.05, 3.63) is 41.9 Å². The summed E-state index contributed by atoms with van der Waals surface area (Å²) >= 11 is 0. The molecule has 0 bridgehead atoms. The highest BCUT2D eigenvalue weighted by atomic mass is 16.4. The number of fused-ring (bicyclic) bond motifs is 1. The number of nitrogens with zero attached hydrogens (tertiary/aromatic N) is 1. The molecule has 2 N–H and O–H groups in total. The Kier molecular flexibility index (Phi) is 2.19. The normalized spacial score (nSPS) is 10.9. The summed E-state index contributed by atoms with van der Waals surface area (Å²) in [6, 6.07) is 5.56. The fraction of sp³-hybridized carbons (Fsp3) is 0.0769. The van der Waals surface area contributed by atoms with Crippen molar-refractivity contribution in [1.29, 1.82) is 0 Å². The Balaban J connectivity index is 2.23. The van der Waals surface area contributed by atoms with Gasteiger partial charge in [0, 0.05) is 22.7 Å². The fourth-order valence-corrected chi connectivity index (χ4v) is 2.01. The number of carboxylic acid groups (broad SMARTS) is 1. The number of aromatic carboxylic acids is 1. The van der Waals surface area contributed by atoms with Crippen LogP contribution in [0, 0.1) is 6.92 Å². The van der Waals surface area contributed by atoms with E-state index in [0.717, 1.165) is 16.5 Å². The largest absolute Gasteiger partial charge is 0.475 e. The molecular formula is C13H10N2O3. The predicted molar refractivity (Wildman–Crippen MR) is 65.5 cm³/mol. The first-order valence-electron chi connectivity index (χ1n) is 5.42. The molecule has 0 saturated heterocycles. The summed E-state index contributed by atoms with van der Waals surface area (Å²) in [4.78, 5) is 11.0. The molecule has 0 unspecified atom stereocenters. The molecule has 0 fully saturated rings. The number of carbonyl (C=O) groups is 1. The third-order valence-corrected chi connectivity index (χ3v) is 2.96. The average Bonchev–Trinajstić information content (AvgIpc) is 2.97. The standard InChI is InChI=1S/C13H10N2O3/c1-7-10-4-8(9-5-14-15-6-9)2-3-11(10)18-12(7)13(16)17/h2-6H,1H3,(H,14,15)(H,16,17). The number of nitrogens with one attached hydrogen (secondary N) is 1. The van der Waals surface area contributed by atoms with Crippen LogP contribution in [0.5, 0.6) is 0 Å². The van der Waals surface area contributed by atoms with E-state index in [1.807, 2.05) is 12.1 Å². The minimum absolute atomic E-state index is 0.00524. The molecule has 3 rings (SSSR count). The number of H-pyrrole nitrogens is 1. The van der Waals surface area contributed by atoms with Crippen LogP contribution in [0.3, 0.4) is 0 Å². The average molecular weight is 242 g/mol. The van der Waals surface area contributed by atoms with E-state index < -0.39 is 5.97 Å². The maximum atomic E-state index is 11.0. The highest BCUT2D eigenvalue weighted by Crippen LogP contribution is 2.29. The summed E-state index contributed by atoms with van der Waals surface area (Å²) in [6.07, 6.45) is 3.50. The van der Waals surface area contributed by atoms with Crippen molar-refractivity contribution in [2.45, 2.75) is 6.92 Å². The molecule has 0 aliphatic rings. The zero-order chi connectivity index (χ0) is 12.7. The molecule has 90 valence electrons. The molecule has 0 aliphatic carbocycles. The van der Waals surface area contributed by atoms with Crippen LogP contribution in [-0.4, -0.2) is 21.3 Å². The summed E-state index contributed by atoms with van der Waals surface area (Å²) < 4.78 is 5.31. The molecule has 0 amide bonds. The Labute approximate surface area is 102 Å². The molecule has 18 heavy (non-hydrogen) atoms. The fourth-order valence-electron chi connectivity index (χ4n) is 2.01. The van der Waals surface area contributed by atoms with Crippen LogP contribution < -0.4 is 0 Å². The van der Waals surface area contributed by atoms with E-state index in [2.05, 4.69) is 10.2 Å². The van der Waals surface area contributed by atoms with Gasteiger partial charge >= 0.3 is 5.97 Å². The molecule has 0 atom stereocenters. The molecule has 0 aliphatic heterocycles. The van der Waals surface area contributed by atoms with Gasteiger partial charge in [-0.05, 0) is 24.6 Å². The minimum atomic E-state index is -1.05. The van der Waals surface area contributed by atoms with Gasteiger partial charge in [-0.3, -0.25) is 5.10 Å². The second kappa shape index (κ2) is 3.73. The van der Waals surface area contributed by atoms with E-state index in [0.29, 0.717) is 11.1 Å². The lowest BCUT2D eigenvalue weighted by Gasteiger charge is -1.96. The second-order valence-corrected chi connectivity index (χ2v) is 4.06. The minimum Gasteiger partial charge on any atom is -0.475 e. The van der Waals surface area contributed by atoms with Crippen molar-refractivity contribution in [2.75, 3.05) is 0 Å². The topological polar surface area (TPSA) is 79.1 Å². The van der Waals surface area contributed by atoms with Gasteiger partial charge in [0.15, 0.2) is 0 Å². The van der Waals surface area contributed by atoms with Crippen molar-refractivity contribution in [3.8, 4) is 11.1 Å². The molecule has 2 aromatic heterocycles. The third-order valence-electron chi connectivity index (χ3n) is 2.96. The summed E-state index contributed by atoms with van der Waals surface area (Å²) in [5.74, 6) is -1.05. The molecule has 5 heteroatoms. The lowest BCUT2D eigenvalue weighted by Crippen LogP contribution is -1.95. The van der Waals surface area contributed by atoms with Crippen molar-refractivity contribution < 1.29 is 14.3 Å². The molecule has 0 saturated carbocycles. The Hall–Kier alpha value is -2.56. The van der Waals surface area contributed by atoms with Crippen molar-refractivity contribution in [2.24, 2.45) is 0 Å². The number of aromatic amines is 1. The number of aryl methyl sites for hydroxylation is 1. The molecule has 0 spiro atoms. The smallest absolute Gasteiger partial charge is 0.372 e. The van der Waals surface area contributed by atoms with Crippen LogP contribution in [0.1, 0.15) is 16.1 Å². The number of hydrogen-bond acceptors (Lipinski definition) is 3. The van der Waals surface area contributed by atoms with Gasteiger partial charge in [0.2, 0.25) is 5.76 Å². The van der Waals surface area contributed by atoms with Crippen LogP contribution in [0.4, 0.5) is 0 Å². The highest BCUT2D eigenvalue weighted by molar-refractivity contribution is 5.96. The predicted octanol–water partition coefficient (Wildman–Crippen LogP) is 2.83.